The van der Waals surface area contributed by atoms with Gasteiger partial charge in [0.1, 0.15) is 22.7 Å². The Labute approximate surface area is 457 Å². The SMILES string of the molecule is CC(C)(C)c1ccc2sc3c(c2c1)N(c1cc(-c2cc4ccccc4o2)ccc1-c1ccccc1)c1cccc2c1B3c1sc3ccc(C(C)(C)C)cc3c1N2c1cc(-c2cc3ccccc3o2)ccc1-c1ccccc1. The van der Waals surface area contributed by atoms with Crippen molar-refractivity contribution in [1.29, 1.82) is 0 Å². The van der Waals surface area contributed by atoms with Crippen LogP contribution in [0.1, 0.15) is 52.7 Å². The molecule has 0 amide bonds. The van der Waals surface area contributed by atoms with Crippen molar-refractivity contribution in [3.05, 3.63) is 223 Å². The topological polar surface area (TPSA) is 32.8 Å². The molecule has 2 aliphatic rings. The van der Waals surface area contributed by atoms with E-state index in [0.717, 1.165) is 89.6 Å². The Balaban J connectivity index is 1.07. The van der Waals surface area contributed by atoms with Crippen LogP contribution in [0.25, 0.3) is 87.0 Å². The predicted molar refractivity (Wildman–Crippen MR) is 330 cm³/mol. The molecule has 77 heavy (non-hydrogen) atoms. The zero-order chi connectivity index (χ0) is 51.9. The molecule has 0 atom stereocenters. The number of furan rings is 2. The maximum atomic E-state index is 6.69. The van der Waals surface area contributed by atoms with Crippen LogP contribution >= 0.6 is 22.7 Å². The summed E-state index contributed by atoms with van der Waals surface area (Å²) in [6.45, 7) is 13.9. The van der Waals surface area contributed by atoms with Crippen LogP contribution in [-0.4, -0.2) is 6.71 Å². The Morgan fingerprint density at radius 2 is 0.805 bits per heavy atom. The van der Waals surface area contributed by atoms with Crippen LogP contribution in [0.2, 0.25) is 0 Å². The van der Waals surface area contributed by atoms with Crippen molar-refractivity contribution >= 4 is 121 Å². The highest BCUT2D eigenvalue weighted by Gasteiger charge is 2.48. The number of hydrogen-bond donors (Lipinski definition) is 0. The zero-order valence-electron chi connectivity index (χ0n) is 43.8. The largest absolute Gasteiger partial charge is 0.456 e. The second-order valence-electron chi connectivity index (χ2n) is 22.9. The van der Waals surface area contributed by atoms with Gasteiger partial charge in [0.25, 0.3) is 6.71 Å². The lowest BCUT2D eigenvalue weighted by atomic mass is 9.39. The number of nitrogens with zero attached hydrogens (tertiary/aromatic N) is 2. The van der Waals surface area contributed by atoms with Crippen LogP contribution in [0.4, 0.5) is 34.1 Å². The minimum atomic E-state index is -0.0634. The van der Waals surface area contributed by atoms with Gasteiger partial charge >= 0.3 is 0 Å². The number of rotatable bonds is 6. The third-order valence-electron chi connectivity index (χ3n) is 16.0. The summed E-state index contributed by atoms with van der Waals surface area (Å²) in [5.41, 5.74) is 19.2. The van der Waals surface area contributed by atoms with E-state index in [-0.39, 0.29) is 17.5 Å². The van der Waals surface area contributed by atoms with Crippen molar-refractivity contribution in [3.63, 3.8) is 0 Å². The Bertz CT molecular complexity index is 4160. The molecule has 2 aliphatic heterocycles. The average molecular weight is 1030 g/mol. The number of thiophene rings is 2. The number of hydrogen-bond acceptors (Lipinski definition) is 6. The molecule has 4 aromatic heterocycles. The molecule has 0 N–H and O–H groups in total. The molecule has 13 aromatic rings. The van der Waals surface area contributed by atoms with Gasteiger partial charge in [0.05, 0.1) is 22.7 Å². The lowest BCUT2D eigenvalue weighted by Gasteiger charge is -2.43. The summed E-state index contributed by atoms with van der Waals surface area (Å²) in [6, 6.07) is 78.2. The fraction of sp³-hybridized carbons (Fsp3) is 0.114. The van der Waals surface area contributed by atoms with Crippen LogP contribution in [0, 0.1) is 0 Å². The second kappa shape index (κ2) is 17.1. The van der Waals surface area contributed by atoms with Crippen LogP contribution in [0.15, 0.2) is 221 Å². The summed E-state index contributed by atoms with van der Waals surface area (Å²) < 4.78 is 18.6. The number of anilines is 6. The van der Waals surface area contributed by atoms with E-state index < -0.39 is 0 Å². The smallest absolute Gasteiger partial charge is 0.277 e. The summed E-state index contributed by atoms with van der Waals surface area (Å²) in [5, 5.41) is 4.71. The third-order valence-corrected chi connectivity index (χ3v) is 18.4. The molecule has 4 nitrogen and oxygen atoms in total. The van der Waals surface area contributed by atoms with E-state index in [2.05, 4.69) is 252 Å². The van der Waals surface area contributed by atoms with Crippen LogP contribution < -0.4 is 24.8 Å². The molecule has 370 valence electrons. The first-order valence-corrected chi connectivity index (χ1v) is 28.3. The van der Waals surface area contributed by atoms with Crippen molar-refractivity contribution in [1.82, 2.24) is 0 Å². The van der Waals surface area contributed by atoms with E-state index in [0.29, 0.717) is 0 Å². The van der Waals surface area contributed by atoms with Gasteiger partial charge in [0.15, 0.2) is 0 Å². The summed E-state index contributed by atoms with van der Waals surface area (Å²) in [7, 11) is 0. The molecular weight excluding hydrogens is 976 g/mol. The molecule has 0 aliphatic carbocycles. The van der Waals surface area contributed by atoms with Gasteiger partial charge in [-0.05, 0) is 111 Å². The maximum absolute atomic E-state index is 6.69. The van der Waals surface area contributed by atoms with E-state index in [1.807, 2.05) is 34.8 Å². The van der Waals surface area contributed by atoms with Crippen molar-refractivity contribution in [3.8, 4) is 44.9 Å². The first-order chi connectivity index (χ1) is 37.4. The van der Waals surface area contributed by atoms with Gasteiger partial charge in [-0.2, -0.15) is 0 Å². The quantitative estimate of drug-likeness (QED) is 0.155. The molecule has 6 heterocycles. The molecule has 9 aromatic carbocycles. The zero-order valence-corrected chi connectivity index (χ0v) is 45.4. The minimum absolute atomic E-state index is 0.0536. The highest BCUT2D eigenvalue weighted by atomic mass is 32.1. The summed E-state index contributed by atoms with van der Waals surface area (Å²) in [6.07, 6.45) is 0. The van der Waals surface area contributed by atoms with Crippen molar-refractivity contribution in [2.45, 2.75) is 52.4 Å². The Morgan fingerprint density at radius 3 is 1.23 bits per heavy atom. The van der Waals surface area contributed by atoms with E-state index in [4.69, 9.17) is 8.83 Å². The van der Waals surface area contributed by atoms with Crippen molar-refractivity contribution in [2.24, 2.45) is 0 Å². The third kappa shape index (κ3) is 7.31. The highest BCUT2D eigenvalue weighted by Crippen LogP contribution is 2.54. The molecule has 0 bridgehead atoms. The van der Waals surface area contributed by atoms with E-state index in [1.165, 1.54) is 57.7 Å². The minimum Gasteiger partial charge on any atom is -0.456 e. The van der Waals surface area contributed by atoms with Gasteiger partial charge in [0, 0.05) is 74.1 Å². The van der Waals surface area contributed by atoms with Crippen LogP contribution in [0.3, 0.4) is 0 Å². The summed E-state index contributed by atoms with van der Waals surface area (Å²) in [4.78, 5) is 5.25. The molecule has 0 fully saturated rings. The molecule has 0 spiro atoms. The molecular formula is C70H53BN2O2S2. The van der Waals surface area contributed by atoms with Gasteiger partial charge in [-0.25, -0.2) is 0 Å². The van der Waals surface area contributed by atoms with Crippen LogP contribution in [-0.2, 0) is 10.8 Å². The number of fused-ring (bicyclic) bond motifs is 10. The molecule has 7 heteroatoms. The molecule has 0 unspecified atom stereocenters. The first kappa shape index (κ1) is 46.0. The van der Waals surface area contributed by atoms with E-state index in [1.54, 1.807) is 0 Å². The van der Waals surface area contributed by atoms with Gasteiger partial charge < -0.3 is 18.6 Å². The highest BCUT2D eigenvalue weighted by molar-refractivity contribution is 7.40. The maximum Gasteiger partial charge on any atom is 0.277 e. The Hall–Kier alpha value is -8.36. The Kier molecular flexibility index (Phi) is 10.2. The van der Waals surface area contributed by atoms with Crippen molar-refractivity contribution < 1.29 is 8.83 Å². The first-order valence-electron chi connectivity index (χ1n) is 26.7. The van der Waals surface area contributed by atoms with Crippen LogP contribution in [0.5, 0.6) is 0 Å². The normalized spacial score (nSPS) is 13.2. The monoisotopic (exact) mass is 1030 g/mol. The fourth-order valence-electron chi connectivity index (χ4n) is 12.1. The van der Waals surface area contributed by atoms with Gasteiger partial charge in [-0.1, -0.05) is 181 Å². The second-order valence-corrected chi connectivity index (χ2v) is 25.0. The molecule has 0 saturated heterocycles. The number of para-hydroxylation sites is 2. The summed E-state index contributed by atoms with van der Waals surface area (Å²) >= 11 is 3.91. The van der Waals surface area contributed by atoms with Gasteiger partial charge in [-0.3, -0.25) is 0 Å². The molecule has 0 radical (unpaired) electrons. The van der Waals surface area contributed by atoms with Gasteiger partial charge in [-0.15, -0.1) is 22.7 Å². The van der Waals surface area contributed by atoms with E-state index >= 15 is 0 Å². The lowest BCUT2D eigenvalue weighted by Crippen LogP contribution is -2.59. The average Bonchev–Trinajstić information content (AvgIpc) is 4.48. The van der Waals surface area contributed by atoms with Crippen molar-refractivity contribution in [2.75, 3.05) is 9.80 Å². The standard InChI is InChI=1S/C70H53BN2O2S2/c1-69(2,3)48-30-34-62-52(40-48)65-67(76-62)71-64-54(72(65)56-36-46(28-32-50(56)42-18-9-7-10-19-42)60-38-44-22-13-15-26-58(44)74-60)24-17-25-55(64)73(66-53-41-49(70(4,5)6)31-35-63(53)77-68(66)71)57-37-47(29-33-51(57)43-20-11-8-12-21-43)61-39-45-23-14-16-27-59(45)75-61/h7-41H,1-6H3. The molecule has 15 rings (SSSR count). The fourth-order valence-corrected chi connectivity index (χ4v) is 14.7. The number of benzene rings is 9. The van der Waals surface area contributed by atoms with Gasteiger partial charge in [0.2, 0.25) is 0 Å². The molecule has 0 saturated carbocycles. The lowest BCUT2D eigenvalue weighted by molar-refractivity contribution is 0.591. The Morgan fingerprint density at radius 1 is 0.377 bits per heavy atom. The summed E-state index contributed by atoms with van der Waals surface area (Å²) in [5.74, 6) is 1.69. The predicted octanol–water partition coefficient (Wildman–Crippen LogP) is 19.0. The van der Waals surface area contributed by atoms with E-state index in [9.17, 15) is 0 Å².